The van der Waals surface area contributed by atoms with Gasteiger partial charge in [0, 0.05) is 5.69 Å². The minimum Gasteiger partial charge on any atom is -0.381 e. The number of nitrogens with two attached hydrogens (primary N) is 2. The molecule has 0 saturated carbocycles. The van der Waals surface area contributed by atoms with Gasteiger partial charge in [0.1, 0.15) is 5.02 Å². The quantitative estimate of drug-likeness (QED) is 0.875. The molecule has 104 valence electrons. The van der Waals surface area contributed by atoms with Gasteiger partial charge in [-0.15, -0.1) is 5.10 Å². The molecule has 1 aliphatic carbocycles. The van der Waals surface area contributed by atoms with E-state index in [0.29, 0.717) is 16.4 Å². The molecule has 7 heteroatoms. The third-order valence-corrected chi connectivity index (χ3v) is 3.75. The first-order valence-electron chi connectivity index (χ1n) is 6.40. The summed E-state index contributed by atoms with van der Waals surface area (Å²) in [6.07, 6.45) is 5.54. The van der Waals surface area contributed by atoms with Gasteiger partial charge < -0.3 is 11.5 Å². The summed E-state index contributed by atoms with van der Waals surface area (Å²) in [5.74, 6) is 0.0458. The maximum Gasteiger partial charge on any atom is 0.252 e. The molecular weight excluding hydrogens is 278 g/mol. The summed E-state index contributed by atoms with van der Waals surface area (Å²) < 4.78 is 1.41. The number of hydrogen-bond donors (Lipinski definition) is 2. The smallest absolute Gasteiger partial charge is 0.252 e. The first-order chi connectivity index (χ1) is 9.56. The Morgan fingerprint density at radius 3 is 2.75 bits per heavy atom. The Balaban J connectivity index is 2.19. The van der Waals surface area contributed by atoms with Gasteiger partial charge in [0.25, 0.3) is 5.91 Å². The van der Waals surface area contributed by atoms with E-state index in [-0.39, 0.29) is 5.82 Å². The number of carbonyl (C=O) groups excluding carboxylic acids is 1. The van der Waals surface area contributed by atoms with Crippen LogP contribution in [-0.2, 0) is 12.8 Å². The molecule has 6 nitrogen and oxygen atoms in total. The lowest BCUT2D eigenvalue weighted by atomic mass is 9.94. The van der Waals surface area contributed by atoms with Crippen molar-refractivity contribution in [2.75, 3.05) is 5.73 Å². The molecule has 0 fully saturated rings. The third-order valence-electron chi connectivity index (χ3n) is 3.46. The van der Waals surface area contributed by atoms with Gasteiger partial charge in [-0.2, -0.15) is 0 Å². The van der Waals surface area contributed by atoms with Crippen molar-refractivity contribution in [2.45, 2.75) is 25.7 Å². The van der Waals surface area contributed by atoms with E-state index < -0.39 is 5.91 Å². The monoisotopic (exact) mass is 291 g/mol. The van der Waals surface area contributed by atoms with Crippen LogP contribution in [0.2, 0.25) is 5.02 Å². The molecule has 2 aromatic heterocycles. The Kier molecular flexibility index (Phi) is 3.10. The number of nitrogen functional groups attached to an aromatic ring is 1. The normalized spacial score (nSPS) is 14.1. The molecule has 0 radical (unpaired) electrons. The molecule has 2 aromatic rings. The second kappa shape index (κ2) is 4.79. The van der Waals surface area contributed by atoms with Gasteiger partial charge in [-0.1, -0.05) is 11.6 Å². The number of amides is 1. The van der Waals surface area contributed by atoms with Crippen molar-refractivity contribution < 1.29 is 4.79 Å². The van der Waals surface area contributed by atoms with Crippen LogP contribution in [0.25, 0.3) is 5.82 Å². The van der Waals surface area contributed by atoms with Gasteiger partial charge >= 0.3 is 0 Å². The molecule has 0 spiro atoms. The van der Waals surface area contributed by atoms with E-state index in [4.69, 9.17) is 23.1 Å². The summed E-state index contributed by atoms with van der Waals surface area (Å²) >= 11 is 5.90. The fourth-order valence-electron chi connectivity index (χ4n) is 2.45. The van der Waals surface area contributed by atoms with E-state index in [1.165, 1.54) is 10.9 Å². The highest BCUT2D eigenvalue weighted by Gasteiger charge is 2.20. The Hall–Kier alpha value is -2.08. The van der Waals surface area contributed by atoms with Crippen LogP contribution in [0, 0.1) is 0 Å². The molecule has 0 aliphatic heterocycles. The molecule has 3 rings (SSSR count). The Bertz CT molecular complexity index is 675. The van der Waals surface area contributed by atoms with E-state index in [1.54, 1.807) is 0 Å². The second-order valence-electron chi connectivity index (χ2n) is 4.84. The molecule has 0 bridgehead atoms. The van der Waals surface area contributed by atoms with Gasteiger partial charge in [-0.3, -0.25) is 4.79 Å². The van der Waals surface area contributed by atoms with Crippen molar-refractivity contribution in [3.05, 3.63) is 34.1 Å². The number of anilines is 1. The maximum atomic E-state index is 11.6. The lowest BCUT2D eigenvalue weighted by Crippen LogP contribution is -2.19. The highest BCUT2D eigenvalue weighted by molar-refractivity contribution is 6.32. The lowest BCUT2D eigenvalue weighted by Gasteiger charge is -2.17. The zero-order valence-electron chi connectivity index (χ0n) is 10.8. The van der Waals surface area contributed by atoms with Gasteiger partial charge in [-0.05, 0) is 37.3 Å². The standard InChI is InChI=1S/C13H14ClN5O/c14-9-6-19(18-11(9)15)13-8(12(16)20)5-7-3-1-2-4-10(7)17-13/h5-6H,1-4H2,(H2,15,18)(H2,16,20). The number of rotatable bonds is 2. The summed E-state index contributed by atoms with van der Waals surface area (Å²) in [6.45, 7) is 0. The Morgan fingerprint density at radius 1 is 1.35 bits per heavy atom. The molecule has 1 amide bonds. The fourth-order valence-corrected chi connectivity index (χ4v) is 2.58. The first kappa shape index (κ1) is 12.9. The number of hydrogen-bond acceptors (Lipinski definition) is 4. The first-order valence-corrected chi connectivity index (χ1v) is 6.77. The van der Waals surface area contributed by atoms with Gasteiger partial charge in [0.2, 0.25) is 0 Å². The lowest BCUT2D eigenvalue weighted by molar-refractivity contribution is 0.0999. The molecule has 2 heterocycles. The van der Waals surface area contributed by atoms with Crippen molar-refractivity contribution >= 4 is 23.3 Å². The van der Waals surface area contributed by atoms with Crippen molar-refractivity contribution in [2.24, 2.45) is 5.73 Å². The number of carbonyl (C=O) groups is 1. The summed E-state index contributed by atoms with van der Waals surface area (Å²) in [6, 6.07) is 1.81. The summed E-state index contributed by atoms with van der Waals surface area (Å²) in [5, 5.41) is 4.38. The average molecular weight is 292 g/mol. The molecule has 0 saturated heterocycles. The number of aromatic nitrogens is 3. The van der Waals surface area contributed by atoms with Gasteiger partial charge in [0.05, 0.1) is 11.8 Å². The van der Waals surface area contributed by atoms with Gasteiger partial charge in [-0.25, -0.2) is 9.67 Å². The third kappa shape index (κ3) is 2.12. The predicted molar refractivity (Wildman–Crippen MR) is 75.9 cm³/mol. The number of fused-ring (bicyclic) bond motifs is 1. The highest BCUT2D eigenvalue weighted by Crippen LogP contribution is 2.25. The van der Waals surface area contributed by atoms with E-state index >= 15 is 0 Å². The van der Waals surface area contributed by atoms with Crippen LogP contribution in [0.1, 0.15) is 34.5 Å². The fraction of sp³-hybridized carbons (Fsp3) is 0.308. The minimum absolute atomic E-state index is 0.196. The topological polar surface area (TPSA) is 99.8 Å². The molecule has 0 unspecified atom stereocenters. The van der Waals surface area contributed by atoms with Crippen molar-refractivity contribution in [1.82, 2.24) is 14.8 Å². The van der Waals surface area contributed by atoms with Crippen LogP contribution < -0.4 is 11.5 Å². The van der Waals surface area contributed by atoms with Crippen molar-refractivity contribution in [3.8, 4) is 5.82 Å². The van der Waals surface area contributed by atoms with Crippen LogP contribution >= 0.6 is 11.6 Å². The molecule has 20 heavy (non-hydrogen) atoms. The number of aryl methyl sites for hydroxylation is 2. The molecule has 1 aliphatic rings. The van der Waals surface area contributed by atoms with E-state index in [2.05, 4.69) is 10.1 Å². The van der Waals surface area contributed by atoms with Gasteiger partial charge in [0.15, 0.2) is 11.6 Å². The Morgan fingerprint density at radius 2 is 2.10 bits per heavy atom. The zero-order valence-corrected chi connectivity index (χ0v) is 11.5. The molecule has 0 aromatic carbocycles. The van der Waals surface area contributed by atoms with Crippen LogP contribution in [0.4, 0.5) is 5.82 Å². The van der Waals surface area contributed by atoms with Crippen LogP contribution in [-0.4, -0.2) is 20.7 Å². The molecule has 0 atom stereocenters. The Labute approximate surface area is 120 Å². The van der Waals surface area contributed by atoms with E-state index in [0.717, 1.165) is 36.9 Å². The average Bonchev–Trinajstić information content (AvgIpc) is 2.77. The highest BCUT2D eigenvalue weighted by atomic mass is 35.5. The number of primary amides is 1. The SMILES string of the molecule is NC(=O)c1cc2c(nc1-n1cc(Cl)c(N)n1)CCCC2. The van der Waals surface area contributed by atoms with Crippen LogP contribution in [0.3, 0.4) is 0 Å². The molecular formula is C13H14ClN5O. The van der Waals surface area contributed by atoms with Crippen molar-refractivity contribution in [1.29, 1.82) is 0 Å². The number of halogens is 1. The summed E-state index contributed by atoms with van der Waals surface area (Å²) in [7, 11) is 0. The second-order valence-corrected chi connectivity index (χ2v) is 5.25. The van der Waals surface area contributed by atoms with E-state index in [9.17, 15) is 4.79 Å². The number of pyridine rings is 1. The summed E-state index contributed by atoms with van der Waals surface area (Å²) in [4.78, 5) is 16.2. The van der Waals surface area contributed by atoms with Crippen molar-refractivity contribution in [3.63, 3.8) is 0 Å². The van der Waals surface area contributed by atoms with E-state index in [1.807, 2.05) is 6.07 Å². The predicted octanol–water partition coefficient (Wildman–Crippen LogP) is 1.48. The minimum atomic E-state index is -0.536. The maximum absolute atomic E-state index is 11.6. The summed E-state index contributed by atoms with van der Waals surface area (Å²) in [5.41, 5.74) is 13.5. The zero-order chi connectivity index (χ0) is 14.3. The largest absolute Gasteiger partial charge is 0.381 e. The number of nitrogens with zero attached hydrogens (tertiary/aromatic N) is 3. The van der Waals surface area contributed by atoms with Crippen LogP contribution in [0.5, 0.6) is 0 Å². The molecule has 4 N–H and O–H groups in total. The van der Waals surface area contributed by atoms with Crippen LogP contribution in [0.15, 0.2) is 12.3 Å².